The average Bonchev–Trinajstić information content (AvgIpc) is 2.60. The lowest BCUT2D eigenvalue weighted by atomic mass is 10.2. The fourth-order valence-electron chi connectivity index (χ4n) is 2.34. The van der Waals surface area contributed by atoms with E-state index in [1.54, 1.807) is 12.1 Å². The quantitative estimate of drug-likeness (QED) is 0.658. The smallest absolute Gasteiger partial charge is 0.163 e. The Balaban J connectivity index is 1.94. The van der Waals surface area contributed by atoms with E-state index in [2.05, 4.69) is 34.4 Å². The summed E-state index contributed by atoms with van der Waals surface area (Å²) in [5, 5.41) is 6.48. The first-order valence-corrected chi connectivity index (χ1v) is 8.31. The number of nitrogens with one attached hydrogen (secondary N) is 2. The first-order chi connectivity index (χ1) is 12.1. The lowest BCUT2D eigenvalue weighted by molar-refractivity contribution is 0.628. The molecule has 2 aromatic carbocycles. The molecule has 0 spiro atoms. The van der Waals surface area contributed by atoms with Crippen LogP contribution >= 0.6 is 0 Å². The summed E-state index contributed by atoms with van der Waals surface area (Å²) in [6.45, 7) is 5.08. The van der Waals surface area contributed by atoms with Gasteiger partial charge in [-0.15, -0.1) is 0 Å². The molecular weight excluding hydrogens is 315 g/mol. The van der Waals surface area contributed by atoms with E-state index in [0.29, 0.717) is 23.2 Å². The molecule has 4 nitrogen and oxygen atoms in total. The third-order valence-corrected chi connectivity index (χ3v) is 3.55. The minimum atomic E-state index is -0.291. The van der Waals surface area contributed by atoms with Gasteiger partial charge in [0.25, 0.3) is 0 Å². The zero-order valence-corrected chi connectivity index (χ0v) is 14.3. The summed E-state index contributed by atoms with van der Waals surface area (Å²) < 4.78 is 13.4. The van der Waals surface area contributed by atoms with Gasteiger partial charge >= 0.3 is 0 Å². The predicted octanol–water partition coefficient (Wildman–Crippen LogP) is 5.09. The van der Waals surface area contributed by atoms with Crippen LogP contribution in [0.5, 0.6) is 0 Å². The maximum Gasteiger partial charge on any atom is 0.163 e. The second kappa shape index (κ2) is 7.75. The maximum atomic E-state index is 13.4. The van der Waals surface area contributed by atoms with Crippen molar-refractivity contribution in [3.63, 3.8) is 0 Å². The number of aromatic nitrogens is 2. The molecule has 0 aliphatic rings. The Kier molecular flexibility index (Phi) is 5.23. The Bertz CT molecular complexity index is 834. The van der Waals surface area contributed by atoms with Crippen molar-refractivity contribution in [2.24, 2.45) is 5.92 Å². The third-order valence-electron chi connectivity index (χ3n) is 3.55. The second-order valence-corrected chi connectivity index (χ2v) is 6.24. The van der Waals surface area contributed by atoms with Gasteiger partial charge in [-0.3, -0.25) is 0 Å². The van der Waals surface area contributed by atoms with Crippen molar-refractivity contribution in [1.29, 1.82) is 0 Å². The monoisotopic (exact) mass is 336 g/mol. The van der Waals surface area contributed by atoms with Crippen molar-refractivity contribution >= 4 is 17.3 Å². The first-order valence-electron chi connectivity index (χ1n) is 8.31. The minimum absolute atomic E-state index is 0.291. The van der Waals surface area contributed by atoms with E-state index < -0.39 is 0 Å². The summed E-state index contributed by atoms with van der Waals surface area (Å²) in [7, 11) is 0. The van der Waals surface area contributed by atoms with Gasteiger partial charge in [0.15, 0.2) is 5.82 Å². The van der Waals surface area contributed by atoms with Gasteiger partial charge in [-0.05, 0) is 24.1 Å². The Hall–Kier alpha value is -2.95. The second-order valence-electron chi connectivity index (χ2n) is 6.24. The van der Waals surface area contributed by atoms with E-state index in [0.717, 1.165) is 17.9 Å². The van der Waals surface area contributed by atoms with Crippen LogP contribution in [-0.4, -0.2) is 16.5 Å². The number of hydrogen-bond donors (Lipinski definition) is 2. The fourth-order valence-corrected chi connectivity index (χ4v) is 2.34. The fraction of sp³-hybridized carbons (Fsp3) is 0.200. The summed E-state index contributed by atoms with van der Waals surface area (Å²) in [5.74, 6) is 2.18. The SMILES string of the molecule is CC(C)CNc1cc(Nc2cccc(F)c2)nc(-c2ccccc2)n1. The number of benzene rings is 2. The van der Waals surface area contributed by atoms with Crippen molar-refractivity contribution in [2.45, 2.75) is 13.8 Å². The highest BCUT2D eigenvalue weighted by molar-refractivity contribution is 5.65. The molecule has 25 heavy (non-hydrogen) atoms. The maximum absolute atomic E-state index is 13.4. The molecule has 128 valence electrons. The van der Waals surface area contributed by atoms with Crippen LogP contribution in [0, 0.1) is 11.7 Å². The lowest BCUT2D eigenvalue weighted by Crippen LogP contribution is -2.10. The Morgan fingerprint density at radius 3 is 2.40 bits per heavy atom. The molecule has 0 aliphatic heterocycles. The summed E-state index contributed by atoms with van der Waals surface area (Å²) in [6, 6.07) is 17.9. The van der Waals surface area contributed by atoms with Gasteiger partial charge in [0.2, 0.25) is 0 Å². The molecule has 1 aromatic heterocycles. The lowest BCUT2D eigenvalue weighted by Gasteiger charge is -2.13. The van der Waals surface area contributed by atoms with Crippen molar-refractivity contribution in [3.05, 3.63) is 66.5 Å². The number of nitrogens with zero attached hydrogens (tertiary/aromatic N) is 2. The molecule has 0 fully saturated rings. The summed E-state index contributed by atoms with van der Waals surface area (Å²) >= 11 is 0. The number of hydrogen-bond acceptors (Lipinski definition) is 4. The van der Waals surface area contributed by atoms with Gasteiger partial charge in [0, 0.05) is 23.9 Å². The standard InChI is InChI=1S/C20H21FN4/c1-14(2)13-22-18-12-19(23-17-10-6-9-16(21)11-17)25-20(24-18)15-7-4-3-5-8-15/h3-12,14H,13H2,1-2H3,(H2,22,23,24,25). The van der Waals surface area contributed by atoms with E-state index in [1.165, 1.54) is 12.1 Å². The Morgan fingerprint density at radius 1 is 0.920 bits per heavy atom. The van der Waals surface area contributed by atoms with Crippen LogP contribution in [0.25, 0.3) is 11.4 Å². The largest absolute Gasteiger partial charge is 0.370 e. The molecule has 0 amide bonds. The number of halogens is 1. The van der Waals surface area contributed by atoms with Crippen LogP contribution in [0.3, 0.4) is 0 Å². The Morgan fingerprint density at radius 2 is 1.68 bits per heavy atom. The minimum Gasteiger partial charge on any atom is -0.370 e. The zero-order chi connectivity index (χ0) is 17.6. The molecule has 0 saturated carbocycles. The number of anilines is 3. The van der Waals surface area contributed by atoms with E-state index in [9.17, 15) is 4.39 Å². The van der Waals surface area contributed by atoms with Crippen molar-refractivity contribution < 1.29 is 4.39 Å². The molecule has 1 heterocycles. The summed E-state index contributed by atoms with van der Waals surface area (Å²) in [4.78, 5) is 9.17. The van der Waals surface area contributed by atoms with Crippen LogP contribution < -0.4 is 10.6 Å². The van der Waals surface area contributed by atoms with Gasteiger partial charge in [-0.25, -0.2) is 14.4 Å². The van der Waals surface area contributed by atoms with E-state index in [4.69, 9.17) is 0 Å². The normalized spacial score (nSPS) is 10.7. The molecule has 3 rings (SSSR count). The third kappa shape index (κ3) is 4.76. The van der Waals surface area contributed by atoms with Crippen molar-refractivity contribution in [3.8, 4) is 11.4 Å². The molecule has 0 bridgehead atoms. The molecule has 0 saturated heterocycles. The average molecular weight is 336 g/mol. The predicted molar refractivity (Wildman–Crippen MR) is 100 cm³/mol. The van der Waals surface area contributed by atoms with Gasteiger partial charge in [0.1, 0.15) is 17.5 Å². The topological polar surface area (TPSA) is 49.8 Å². The molecular formula is C20H21FN4. The highest BCUT2D eigenvalue weighted by Gasteiger charge is 2.08. The first kappa shape index (κ1) is 16.9. The van der Waals surface area contributed by atoms with Crippen LogP contribution in [0.4, 0.5) is 21.7 Å². The highest BCUT2D eigenvalue weighted by Crippen LogP contribution is 2.23. The summed E-state index contributed by atoms with van der Waals surface area (Å²) in [5.41, 5.74) is 1.57. The van der Waals surface area contributed by atoms with Gasteiger partial charge in [-0.1, -0.05) is 50.2 Å². The van der Waals surface area contributed by atoms with Gasteiger partial charge < -0.3 is 10.6 Å². The summed E-state index contributed by atoms with van der Waals surface area (Å²) in [6.07, 6.45) is 0. The molecule has 3 aromatic rings. The van der Waals surface area contributed by atoms with Crippen LogP contribution in [0.1, 0.15) is 13.8 Å². The molecule has 5 heteroatoms. The number of rotatable bonds is 6. The van der Waals surface area contributed by atoms with Crippen molar-refractivity contribution in [1.82, 2.24) is 9.97 Å². The van der Waals surface area contributed by atoms with Crippen LogP contribution in [0.2, 0.25) is 0 Å². The Labute approximate surface area is 147 Å². The van der Waals surface area contributed by atoms with Gasteiger partial charge in [-0.2, -0.15) is 0 Å². The molecule has 0 unspecified atom stereocenters. The molecule has 0 radical (unpaired) electrons. The van der Waals surface area contributed by atoms with E-state index in [1.807, 2.05) is 36.4 Å². The van der Waals surface area contributed by atoms with Crippen LogP contribution in [0.15, 0.2) is 60.7 Å². The van der Waals surface area contributed by atoms with Crippen molar-refractivity contribution in [2.75, 3.05) is 17.2 Å². The van der Waals surface area contributed by atoms with Gasteiger partial charge in [0.05, 0.1) is 0 Å². The zero-order valence-electron chi connectivity index (χ0n) is 14.3. The molecule has 0 atom stereocenters. The van der Waals surface area contributed by atoms with E-state index >= 15 is 0 Å². The molecule has 2 N–H and O–H groups in total. The van der Waals surface area contributed by atoms with E-state index in [-0.39, 0.29) is 5.82 Å². The molecule has 0 aliphatic carbocycles. The highest BCUT2D eigenvalue weighted by atomic mass is 19.1. The van der Waals surface area contributed by atoms with Crippen LogP contribution in [-0.2, 0) is 0 Å².